The molecule has 1 aromatic heterocycles. The second-order valence-electron chi connectivity index (χ2n) is 9.43. The number of hydrogen-bond acceptors (Lipinski definition) is 5. The molecule has 8 heteroatoms. The third kappa shape index (κ3) is 5.52. The van der Waals surface area contributed by atoms with Crippen molar-refractivity contribution in [1.29, 1.82) is 0 Å². The normalized spacial score (nSPS) is 15.3. The first-order valence-electron chi connectivity index (χ1n) is 12.0. The van der Waals surface area contributed by atoms with Crippen LogP contribution in [-0.2, 0) is 16.4 Å². The van der Waals surface area contributed by atoms with E-state index in [1.807, 2.05) is 71.0 Å². The Bertz CT molecular complexity index is 1320. The second kappa shape index (κ2) is 10.2. The van der Waals surface area contributed by atoms with Gasteiger partial charge in [-0.3, -0.25) is 0 Å². The van der Waals surface area contributed by atoms with Crippen LogP contribution in [-0.4, -0.2) is 48.9 Å². The lowest BCUT2D eigenvalue weighted by molar-refractivity contribution is 0.432. The molecule has 0 N–H and O–H groups in total. The topological polar surface area (TPSA) is 66.4 Å². The Morgan fingerprint density at radius 2 is 1.54 bits per heavy atom. The summed E-state index contributed by atoms with van der Waals surface area (Å²) >= 11 is 6.07. The summed E-state index contributed by atoms with van der Waals surface area (Å²) < 4.78 is 28.9. The first kappa shape index (κ1) is 25.6. The Kier molecular flexibility index (Phi) is 7.50. The van der Waals surface area contributed by atoms with E-state index in [0.29, 0.717) is 36.0 Å². The van der Waals surface area contributed by atoms with Gasteiger partial charge in [-0.25, -0.2) is 18.4 Å². The minimum atomic E-state index is -3.59. The van der Waals surface area contributed by atoms with Crippen LogP contribution in [0.2, 0.25) is 5.02 Å². The fourth-order valence-electron chi connectivity index (χ4n) is 5.04. The van der Waals surface area contributed by atoms with Gasteiger partial charge in [0.2, 0.25) is 10.0 Å². The van der Waals surface area contributed by atoms with Crippen LogP contribution in [0.5, 0.6) is 0 Å². The molecule has 6 nitrogen and oxygen atoms in total. The van der Waals surface area contributed by atoms with Crippen molar-refractivity contribution >= 4 is 27.4 Å². The van der Waals surface area contributed by atoms with E-state index >= 15 is 0 Å². The molecule has 3 aromatic rings. The summed E-state index contributed by atoms with van der Waals surface area (Å²) in [5, 5.41) is 0.707. The Morgan fingerprint density at radius 1 is 0.886 bits per heavy atom. The van der Waals surface area contributed by atoms with Gasteiger partial charge in [-0.05, 0) is 69.9 Å². The van der Waals surface area contributed by atoms with Gasteiger partial charge in [0.15, 0.2) is 0 Å². The highest BCUT2D eigenvalue weighted by molar-refractivity contribution is 7.89. The van der Waals surface area contributed by atoms with Gasteiger partial charge >= 0.3 is 0 Å². The monoisotopic (exact) mass is 512 g/mol. The van der Waals surface area contributed by atoms with E-state index in [0.717, 1.165) is 58.1 Å². The van der Waals surface area contributed by atoms with Crippen LogP contribution in [0.25, 0.3) is 0 Å². The smallest absolute Gasteiger partial charge is 0.243 e. The number of sulfonamides is 1. The molecular formula is C27H33ClN4O2S. The third-order valence-corrected chi connectivity index (χ3v) is 9.01. The lowest BCUT2D eigenvalue weighted by Gasteiger charge is -2.26. The van der Waals surface area contributed by atoms with E-state index in [9.17, 15) is 8.42 Å². The number of hydrogen-bond donors (Lipinski definition) is 0. The van der Waals surface area contributed by atoms with Crippen molar-refractivity contribution in [2.75, 3.05) is 31.1 Å². The molecule has 0 saturated carbocycles. The van der Waals surface area contributed by atoms with Crippen LogP contribution < -0.4 is 4.90 Å². The first-order valence-corrected chi connectivity index (χ1v) is 13.8. The Morgan fingerprint density at radius 3 is 2.20 bits per heavy atom. The second-order valence-corrected chi connectivity index (χ2v) is 11.7. The molecule has 1 fully saturated rings. The maximum atomic E-state index is 13.7. The van der Waals surface area contributed by atoms with Crippen molar-refractivity contribution in [2.24, 2.45) is 0 Å². The molecule has 4 rings (SSSR count). The van der Waals surface area contributed by atoms with Crippen LogP contribution in [0.3, 0.4) is 0 Å². The molecule has 0 aliphatic carbocycles. The quantitative estimate of drug-likeness (QED) is 0.472. The number of aromatic nitrogens is 2. The summed E-state index contributed by atoms with van der Waals surface area (Å²) in [7, 11) is -3.59. The molecule has 0 amide bonds. The van der Waals surface area contributed by atoms with Crippen LogP contribution in [0.4, 0.5) is 5.82 Å². The molecular weight excluding hydrogens is 480 g/mol. The zero-order valence-electron chi connectivity index (χ0n) is 21.1. The summed E-state index contributed by atoms with van der Waals surface area (Å²) in [6.45, 7) is 11.9. The van der Waals surface area contributed by atoms with E-state index in [-0.39, 0.29) is 0 Å². The van der Waals surface area contributed by atoms with Crippen LogP contribution in [0.15, 0.2) is 41.3 Å². The van der Waals surface area contributed by atoms with E-state index in [1.54, 1.807) is 4.31 Å². The van der Waals surface area contributed by atoms with Gasteiger partial charge in [-0.1, -0.05) is 41.4 Å². The Hall–Kier alpha value is -2.48. The molecule has 186 valence electrons. The number of benzene rings is 2. The van der Waals surface area contributed by atoms with Crippen molar-refractivity contribution in [1.82, 2.24) is 14.3 Å². The Labute approximate surface area is 214 Å². The highest BCUT2D eigenvalue weighted by atomic mass is 35.5. The standard InChI is InChI=1S/C27H33ClN4O2S/c1-18-15-19(2)26(20(3)16-18)35(33,34)32-12-6-11-31(13-14-32)27-25(21(4)29-22(5)30-27)17-23-7-9-24(28)10-8-23/h7-10,15-16H,6,11-14,17H2,1-5H3. The van der Waals surface area contributed by atoms with Crippen molar-refractivity contribution in [3.05, 3.63) is 80.8 Å². The van der Waals surface area contributed by atoms with Gasteiger partial charge in [0.05, 0.1) is 4.90 Å². The number of rotatable bonds is 5. The van der Waals surface area contributed by atoms with E-state index in [2.05, 4.69) is 9.88 Å². The lowest BCUT2D eigenvalue weighted by Crippen LogP contribution is -2.36. The molecule has 35 heavy (non-hydrogen) atoms. The fourth-order valence-corrected chi connectivity index (χ4v) is 7.05. The first-order chi connectivity index (χ1) is 16.6. The van der Waals surface area contributed by atoms with E-state index in [1.165, 1.54) is 0 Å². The van der Waals surface area contributed by atoms with Crippen LogP contribution in [0.1, 0.15) is 45.8 Å². The van der Waals surface area contributed by atoms with Crippen molar-refractivity contribution in [3.8, 4) is 0 Å². The zero-order chi connectivity index (χ0) is 25.3. The minimum Gasteiger partial charge on any atom is -0.355 e. The van der Waals surface area contributed by atoms with Gasteiger partial charge in [0, 0.05) is 48.9 Å². The van der Waals surface area contributed by atoms with Gasteiger partial charge < -0.3 is 4.90 Å². The third-order valence-electron chi connectivity index (χ3n) is 6.55. The average molecular weight is 513 g/mol. The summed E-state index contributed by atoms with van der Waals surface area (Å²) in [6.07, 6.45) is 1.42. The maximum absolute atomic E-state index is 13.7. The molecule has 0 radical (unpaired) electrons. The Balaban J connectivity index is 1.62. The maximum Gasteiger partial charge on any atom is 0.243 e. The number of aryl methyl sites for hydroxylation is 5. The summed E-state index contributed by atoms with van der Waals surface area (Å²) in [5.74, 6) is 1.61. The highest BCUT2D eigenvalue weighted by Crippen LogP contribution is 2.29. The summed E-state index contributed by atoms with van der Waals surface area (Å²) in [6, 6.07) is 11.7. The molecule has 2 heterocycles. The molecule has 0 atom stereocenters. The number of halogens is 1. The van der Waals surface area contributed by atoms with Gasteiger partial charge in [0.1, 0.15) is 11.6 Å². The zero-order valence-corrected chi connectivity index (χ0v) is 22.7. The molecule has 0 unspecified atom stereocenters. The van der Waals surface area contributed by atoms with Gasteiger partial charge in [0.25, 0.3) is 0 Å². The molecule has 0 bridgehead atoms. The number of anilines is 1. The highest BCUT2D eigenvalue weighted by Gasteiger charge is 2.30. The molecule has 1 aliphatic heterocycles. The van der Waals surface area contributed by atoms with E-state index < -0.39 is 10.0 Å². The van der Waals surface area contributed by atoms with Crippen molar-refractivity contribution in [2.45, 2.75) is 52.4 Å². The van der Waals surface area contributed by atoms with Gasteiger partial charge in [-0.15, -0.1) is 0 Å². The average Bonchev–Trinajstić information content (AvgIpc) is 3.03. The minimum absolute atomic E-state index is 0.414. The van der Waals surface area contributed by atoms with Crippen molar-refractivity contribution < 1.29 is 8.42 Å². The lowest BCUT2D eigenvalue weighted by atomic mass is 10.0. The van der Waals surface area contributed by atoms with Gasteiger partial charge in [-0.2, -0.15) is 4.31 Å². The predicted molar refractivity (Wildman–Crippen MR) is 142 cm³/mol. The molecule has 1 saturated heterocycles. The largest absolute Gasteiger partial charge is 0.355 e. The predicted octanol–water partition coefficient (Wildman–Crippen LogP) is 5.16. The fraction of sp³-hybridized carbons (Fsp3) is 0.407. The summed E-state index contributed by atoms with van der Waals surface area (Å²) in [5.41, 5.74) is 5.83. The SMILES string of the molecule is Cc1cc(C)c(S(=O)(=O)N2CCCN(c3nc(C)nc(C)c3Cc3ccc(Cl)cc3)CC2)c(C)c1. The molecule has 2 aromatic carbocycles. The van der Waals surface area contributed by atoms with Crippen molar-refractivity contribution in [3.63, 3.8) is 0 Å². The van der Waals surface area contributed by atoms with Crippen LogP contribution >= 0.6 is 11.6 Å². The van der Waals surface area contributed by atoms with E-state index in [4.69, 9.17) is 16.6 Å². The number of nitrogens with zero attached hydrogens (tertiary/aromatic N) is 4. The van der Waals surface area contributed by atoms with Crippen LogP contribution in [0, 0.1) is 34.6 Å². The molecule has 1 aliphatic rings. The summed E-state index contributed by atoms with van der Waals surface area (Å²) in [4.78, 5) is 12.1. The molecule has 0 spiro atoms.